The van der Waals surface area contributed by atoms with Gasteiger partial charge < -0.3 is 29.5 Å². The van der Waals surface area contributed by atoms with E-state index in [0.29, 0.717) is 0 Å². The molecule has 0 unspecified atom stereocenters. The van der Waals surface area contributed by atoms with Gasteiger partial charge in [-0.1, -0.05) is 18.2 Å². The fourth-order valence-electron chi connectivity index (χ4n) is 2.22. The first-order chi connectivity index (χ1) is 10.9. The molecule has 8 heteroatoms. The van der Waals surface area contributed by atoms with E-state index in [1.165, 1.54) is 12.1 Å². The van der Waals surface area contributed by atoms with Gasteiger partial charge in [-0.3, -0.25) is 4.79 Å². The van der Waals surface area contributed by atoms with Gasteiger partial charge in [0.2, 0.25) is 6.29 Å². The van der Waals surface area contributed by atoms with E-state index in [2.05, 4.69) is 0 Å². The maximum absolute atomic E-state index is 12.1. The summed E-state index contributed by atoms with van der Waals surface area (Å²) < 4.78 is 15.2. The number of benzene rings is 1. The average molecular weight is 326 g/mol. The van der Waals surface area contributed by atoms with Crippen molar-refractivity contribution in [1.82, 2.24) is 0 Å². The SMILES string of the molecule is CC(=O)O[C@H]1[C@H](OC(=O)c2ccccc2)O[C@H](CO)[C@@H](O)[C@@H]1O. The third-order valence-corrected chi connectivity index (χ3v) is 3.36. The lowest BCUT2D eigenvalue weighted by molar-refractivity contribution is -0.289. The minimum absolute atomic E-state index is 0.235. The second-order valence-corrected chi connectivity index (χ2v) is 5.05. The molecule has 0 aliphatic carbocycles. The van der Waals surface area contributed by atoms with Crippen LogP contribution in [0.5, 0.6) is 0 Å². The predicted octanol–water partition coefficient (Wildman–Crippen LogP) is -0.786. The molecule has 1 aromatic rings. The van der Waals surface area contributed by atoms with Gasteiger partial charge in [-0.05, 0) is 12.1 Å². The first kappa shape index (κ1) is 17.4. The van der Waals surface area contributed by atoms with E-state index < -0.39 is 49.3 Å². The Balaban J connectivity index is 2.17. The van der Waals surface area contributed by atoms with Gasteiger partial charge in [-0.15, -0.1) is 0 Å². The third kappa shape index (κ3) is 4.05. The van der Waals surface area contributed by atoms with E-state index in [9.17, 15) is 24.9 Å². The summed E-state index contributed by atoms with van der Waals surface area (Å²) >= 11 is 0. The fourth-order valence-corrected chi connectivity index (χ4v) is 2.22. The standard InChI is InChI=1S/C15H18O8/c1-8(17)21-13-12(19)11(18)10(7-16)22-15(13)23-14(20)9-5-3-2-4-6-9/h2-6,10-13,15-16,18-19H,7H2,1H3/t10-,11-,12+,13-,15+/m1/s1. The number of aliphatic hydroxyl groups excluding tert-OH is 3. The van der Waals surface area contributed by atoms with Gasteiger partial charge in [0.25, 0.3) is 0 Å². The highest BCUT2D eigenvalue weighted by Gasteiger charge is 2.48. The van der Waals surface area contributed by atoms with Crippen LogP contribution in [0.4, 0.5) is 0 Å². The quantitative estimate of drug-likeness (QED) is 0.616. The van der Waals surface area contributed by atoms with Crippen molar-refractivity contribution in [2.45, 2.75) is 37.6 Å². The normalized spacial score (nSPS) is 30.5. The molecule has 1 aliphatic rings. The van der Waals surface area contributed by atoms with Crippen molar-refractivity contribution in [1.29, 1.82) is 0 Å². The zero-order valence-electron chi connectivity index (χ0n) is 12.4. The number of aliphatic hydroxyl groups is 3. The molecule has 1 fully saturated rings. The molecule has 1 aliphatic heterocycles. The number of carbonyl (C=O) groups excluding carboxylic acids is 2. The first-order valence-corrected chi connectivity index (χ1v) is 6.99. The molecule has 126 valence electrons. The number of carbonyl (C=O) groups is 2. The molecule has 0 bridgehead atoms. The Labute approximate surface area is 132 Å². The maximum atomic E-state index is 12.1. The summed E-state index contributed by atoms with van der Waals surface area (Å²) in [6.07, 6.45) is -7.10. The van der Waals surface area contributed by atoms with Crippen LogP contribution in [0.1, 0.15) is 17.3 Å². The summed E-state index contributed by atoms with van der Waals surface area (Å²) in [6, 6.07) is 8.02. The second-order valence-electron chi connectivity index (χ2n) is 5.05. The highest BCUT2D eigenvalue weighted by molar-refractivity contribution is 5.89. The topological polar surface area (TPSA) is 123 Å². The van der Waals surface area contributed by atoms with E-state index in [0.717, 1.165) is 6.92 Å². The molecule has 1 saturated heterocycles. The molecule has 5 atom stereocenters. The lowest BCUT2D eigenvalue weighted by atomic mass is 9.99. The van der Waals surface area contributed by atoms with Crippen molar-refractivity contribution in [3.05, 3.63) is 35.9 Å². The van der Waals surface area contributed by atoms with Crippen molar-refractivity contribution in [3.63, 3.8) is 0 Å². The van der Waals surface area contributed by atoms with Crippen LogP contribution in [0, 0.1) is 0 Å². The molecule has 23 heavy (non-hydrogen) atoms. The molecule has 0 spiro atoms. The van der Waals surface area contributed by atoms with Gasteiger partial charge in [-0.2, -0.15) is 0 Å². The van der Waals surface area contributed by atoms with Gasteiger partial charge in [0.1, 0.15) is 18.3 Å². The molecule has 2 rings (SSSR count). The van der Waals surface area contributed by atoms with Crippen molar-refractivity contribution in [2.24, 2.45) is 0 Å². The van der Waals surface area contributed by atoms with Crippen molar-refractivity contribution >= 4 is 11.9 Å². The molecule has 1 heterocycles. The monoisotopic (exact) mass is 326 g/mol. The number of hydrogen-bond donors (Lipinski definition) is 3. The summed E-state index contributed by atoms with van der Waals surface area (Å²) in [7, 11) is 0. The van der Waals surface area contributed by atoms with E-state index in [1.807, 2.05) is 0 Å². The summed E-state index contributed by atoms with van der Waals surface area (Å²) in [4.78, 5) is 23.2. The molecule has 0 saturated carbocycles. The van der Waals surface area contributed by atoms with Crippen LogP contribution < -0.4 is 0 Å². The van der Waals surface area contributed by atoms with Crippen LogP contribution in [0.2, 0.25) is 0 Å². The molecule has 8 nitrogen and oxygen atoms in total. The van der Waals surface area contributed by atoms with E-state index in [-0.39, 0.29) is 5.56 Å². The highest BCUT2D eigenvalue weighted by Crippen LogP contribution is 2.25. The van der Waals surface area contributed by atoms with Crippen molar-refractivity contribution in [3.8, 4) is 0 Å². The minimum atomic E-state index is -1.57. The van der Waals surface area contributed by atoms with Crippen LogP contribution in [0.25, 0.3) is 0 Å². The summed E-state index contributed by atoms with van der Waals surface area (Å²) in [5.74, 6) is -1.50. The van der Waals surface area contributed by atoms with E-state index in [4.69, 9.17) is 14.2 Å². The Kier molecular flexibility index (Phi) is 5.67. The number of ether oxygens (including phenoxy) is 3. The van der Waals surface area contributed by atoms with E-state index >= 15 is 0 Å². The summed E-state index contributed by atoms with van der Waals surface area (Å²) in [5.41, 5.74) is 0.235. The van der Waals surface area contributed by atoms with E-state index in [1.54, 1.807) is 18.2 Å². The zero-order chi connectivity index (χ0) is 17.0. The largest absolute Gasteiger partial charge is 0.453 e. The van der Waals surface area contributed by atoms with Crippen LogP contribution in [0.3, 0.4) is 0 Å². The fraction of sp³-hybridized carbons (Fsp3) is 0.467. The Morgan fingerprint density at radius 1 is 1.13 bits per heavy atom. The lowest BCUT2D eigenvalue weighted by Gasteiger charge is -2.40. The third-order valence-electron chi connectivity index (χ3n) is 3.36. The number of rotatable bonds is 4. The van der Waals surface area contributed by atoms with Gasteiger partial charge in [0.05, 0.1) is 12.2 Å². The summed E-state index contributed by atoms with van der Waals surface area (Å²) in [6.45, 7) is 0.498. The van der Waals surface area contributed by atoms with Crippen molar-refractivity contribution in [2.75, 3.05) is 6.61 Å². The molecule has 3 N–H and O–H groups in total. The number of esters is 2. The zero-order valence-corrected chi connectivity index (χ0v) is 12.4. The molecule has 1 aromatic carbocycles. The average Bonchev–Trinajstić information content (AvgIpc) is 2.54. The van der Waals surface area contributed by atoms with Crippen LogP contribution >= 0.6 is 0 Å². The molecular weight excluding hydrogens is 308 g/mol. The van der Waals surface area contributed by atoms with Crippen LogP contribution in [-0.2, 0) is 19.0 Å². The van der Waals surface area contributed by atoms with Gasteiger partial charge >= 0.3 is 11.9 Å². The molecule has 0 radical (unpaired) electrons. The Morgan fingerprint density at radius 3 is 2.35 bits per heavy atom. The predicted molar refractivity (Wildman–Crippen MR) is 75.2 cm³/mol. The maximum Gasteiger partial charge on any atom is 0.340 e. The van der Waals surface area contributed by atoms with Gasteiger partial charge in [0, 0.05) is 6.92 Å². The Morgan fingerprint density at radius 2 is 1.78 bits per heavy atom. The second kappa shape index (κ2) is 7.51. The molecular formula is C15H18O8. The first-order valence-electron chi connectivity index (χ1n) is 6.99. The smallest absolute Gasteiger partial charge is 0.340 e. The van der Waals surface area contributed by atoms with Crippen LogP contribution in [-0.4, -0.2) is 64.6 Å². The minimum Gasteiger partial charge on any atom is -0.453 e. The molecule has 0 amide bonds. The lowest BCUT2D eigenvalue weighted by Crippen LogP contribution is -2.60. The highest BCUT2D eigenvalue weighted by atomic mass is 16.7. The Bertz CT molecular complexity index is 546. The van der Waals surface area contributed by atoms with Crippen LogP contribution in [0.15, 0.2) is 30.3 Å². The summed E-state index contributed by atoms with van der Waals surface area (Å²) in [5, 5.41) is 29.0. The Hall–Kier alpha value is -2.00. The van der Waals surface area contributed by atoms with Gasteiger partial charge in [0.15, 0.2) is 6.10 Å². The van der Waals surface area contributed by atoms with Gasteiger partial charge in [-0.25, -0.2) is 4.79 Å². The van der Waals surface area contributed by atoms with Crippen molar-refractivity contribution < 1.29 is 39.1 Å². The molecule has 0 aromatic heterocycles. The number of hydrogen-bond acceptors (Lipinski definition) is 8.